The number of carbonyl (C=O) groups excluding carboxylic acids is 1. The number of aryl methyl sites for hydroxylation is 1. The molecule has 206 valence electrons. The maximum Gasteiger partial charge on any atom is 0.266 e. The fourth-order valence-corrected chi connectivity index (χ4v) is 7.08. The number of methoxy groups -OCH3 is 1. The van der Waals surface area contributed by atoms with Gasteiger partial charge in [0.2, 0.25) is 0 Å². The van der Waals surface area contributed by atoms with E-state index in [2.05, 4.69) is 22.5 Å². The first kappa shape index (κ1) is 27.9. The van der Waals surface area contributed by atoms with Crippen LogP contribution in [0.4, 0.5) is 8.78 Å². The van der Waals surface area contributed by atoms with E-state index >= 15 is 0 Å². The molecule has 0 spiro atoms. The molecule has 1 amide bonds. The van der Waals surface area contributed by atoms with Crippen molar-refractivity contribution in [1.29, 1.82) is 0 Å². The van der Waals surface area contributed by atoms with Crippen LogP contribution in [0.25, 0.3) is 15.7 Å². The van der Waals surface area contributed by atoms with E-state index in [1.165, 1.54) is 0 Å². The summed E-state index contributed by atoms with van der Waals surface area (Å²) < 4.78 is 35.1. The maximum absolute atomic E-state index is 14.6. The van der Waals surface area contributed by atoms with Gasteiger partial charge in [-0.25, -0.2) is 8.78 Å². The predicted molar refractivity (Wildman–Crippen MR) is 153 cm³/mol. The minimum absolute atomic E-state index is 0.0295. The lowest BCUT2D eigenvalue weighted by Gasteiger charge is -2.38. The summed E-state index contributed by atoms with van der Waals surface area (Å²) in [4.78, 5) is 20.6. The van der Waals surface area contributed by atoms with E-state index in [1.54, 1.807) is 7.11 Å². The van der Waals surface area contributed by atoms with Gasteiger partial charge in [-0.3, -0.25) is 9.78 Å². The number of aromatic nitrogens is 1. The molecular formula is C30H32ClF2N3O2S. The largest absolute Gasteiger partial charge is 0.377 e. The predicted octanol–water partition coefficient (Wildman–Crippen LogP) is 6.94. The van der Waals surface area contributed by atoms with E-state index in [1.807, 2.05) is 37.2 Å². The van der Waals surface area contributed by atoms with E-state index in [0.717, 1.165) is 71.6 Å². The first-order valence-corrected chi connectivity index (χ1v) is 14.4. The summed E-state index contributed by atoms with van der Waals surface area (Å²) in [6.07, 6.45) is 10.0. The Hall–Kier alpha value is -2.65. The summed E-state index contributed by atoms with van der Waals surface area (Å²) in [7, 11) is 3.63. The zero-order chi connectivity index (χ0) is 27.7. The molecule has 9 heteroatoms. The molecule has 2 aliphatic rings. The number of benzene rings is 1. The number of ether oxygens (including phenoxy) is 1. The molecule has 39 heavy (non-hydrogen) atoms. The van der Waals surface area contributed by atoms with Crippen LogP contribution in [0.15, 0.2) is 48.2 Å². The fraction of sp³-hybridized carbons (Fsp3) is 0.400. The van der Waals surface area contributed by atoms with Crippen LogP contribution < -0.4 is 5.32 Å². The molecule has 2 aliphatic carbocycles. The van der Waals surface area contributed by atoms with E-state index in [-0.39, 0.29) is 38.0 Å². The molecule has 5 rings (SSSR count). The standard InChI is InChI=1S/C30H32ClF2N3O2S/c1-17-4-5-19(15-35-17)18-6-13-25(38-3)20(14-18)16-36(22-9-7-21(34-2)8-10-22)30(37)29-27(31)26-23(32)11-12-24(33)28(26)39-29/h4-6,11-12,14-15,21-22,25,34H,7-10,13,16H2,1-3H3/t21-,22-,25?. The smallest absolute Gasteiger partial charge is 0.266 e. The van der Waals surface area contributed by atoms with Gasteiger partial charge in [0.15, 0.2) is 0 Å². The molecule has 2 aromatic heterocycles. The zero-order valence-electron chi connectivity index (χ0n) is 22.3. The van der Waals surface area contributed by atoms with E-state index in [0.29, 0.717) is 19.0 Å². The third kappa shape index (κ3) is 5.66. The number of rotatable bonds is 7. The number of pyridine rings is 1. The molecule has 5 nitrogen and oxygen atoms in total. The van der Waals surface area contributed by atoms with Crippen LogP contribution in [0.5, 0.6) is 0 Å². The van der Waals surface area contributed by atoms with Crippen molar-refractivity contribution in [2.75, 3.05) is 20.7 Å². The lowest BCUT2D eigenvalue weighted by atomic mass is 9.88. The molecule has 3 aromatic rings. The second-order valence-corrected chi connectivity index (χ2v) is 11.6. The van der Waals surface area contributed by atoms with Crippen LogP contribution in [0.3, 0.4) is 0 Å². The molecule has 2 heterocycles. The second kappa shape index (κ2) is 11.8. The molecule has 0 aliphatic heterocycles. The molecule has 0 radical (unpaired) electrons. The lowest BCUT2D eigenvalue weighted by molar-refractivity contribution is 0.0615. The number of hydrogen-bond acceptors (Lipinski definition) is 5. The topological polar surface area (TPSA) is 54.5 Å². The van der Waals surface area contributed by atoms with Gasteiger partial charge in [-0.2, -0.15) is 0 Å². The Balaban J connectivity index is 1.52. The molecule has 1 saturated carbocycles. The van der Waals surface area contributed by atoms with Gasteiger partial charge in [0, 0.05) is 37.6 Å². The number of carbonyl (C=O) groups is 1. The SMILES string of the molecule is CN[C@H]1CC[C@H](N(CC2=CC(c3ccc(C)nc3)=CCC2OC)C(=O)c2sc3c(F)ccc(F)c3c2Cl)CC1. The molecule has 0 saturated heterocycles. The Labute approximate surface area is 236 Å². The van der Waals surface area contributed by atoms with Crippen molar-refractivity contribution >= 4 is 44.5 Å². The lowest BCUT2D eigenvalue weighted by Crippen LogP contribution is -2.46. The number of thiophene rings is 1. The normalized spacial score (nSPS) is 21.5. The number of amides is 1. The average molecular weight is 572 g/mol. The summed E-state index contributed by atoms with van der Waals surface area (Å²) in [5.41, 5.74) is 3.94. The summed E-state index contributed by atoms with van der Waals surface area (Å²) in [6.45, 7) is 2.28. The molecule has 1 aromatic carbocycles. The monoisotopic (exact) mass is 571 g/mol. The van der Waals surface area contributed by atoms with Gasteiger partial charge in [0.05, 0.1) is 21.2 Å². The van der Waals surface area contributed by atoms with Crippen LogP contribution in [-0.4, -0.2) is 54.7 Å². The summed E-state index contributed by atoms with van der Waals surface area (Å²) in [6, 6.07) is 6.50. The Morgan fingerprint density at radius 1 is 1.18 bits per heavy atom. The van der Waals surface area contributed by atoms with E-state index in [4.69, 9.17) is 16.3 Å². The third-order valence-corrected chi connectivity index (χ3v) is 9.55. The van der Waals surface area contributed by atoms with Crippen molar-refractivity contribution < 1.29 is 18.3 Å². The number of fused-ring (bicyclic) bond motifs is 1. The van der Waals surface area contributed by atoms with Crippen molar-refractivity contribution in [2.24, 2.45) is 0 Å². The number of hydrogen-bond donors (Lipinski definition) is 1. The highest BCUT2D eigenvalue weighted by atomic mass is 35.5. The molecule has 1 N–H and O–H groups in total. The van der Waals surface area contributed by atoms with Gasteiger partial charge < -0.3 is 15.0 Å². The second-order valence-electron chi connectivity index (χ2n) is 10.2. The first-order valence-electron chi connectivity index (χ1n) is 13.2. The van der Waals surface area contributed by atoms with Crippen LogP contribution in [-0.2, 0) is 4.74 Å². The van der Waals surface area contributed by atoms with Gasteiger partial charge in [-0.05, 0) is 81.0 Å². The van der Waals surface area contributed by atoms with Gasteiger partial charge in [-0.1, -0.05) is 29.8 Å². The minimum atomic E-state index is -0.635. The Morgan fingerprint density at radius 2 is 1.92 bits per heavy atom. The summed E-state index contributed by atoms with van der Waals surface area (Å²) in [5, 5.41) is 3.27. The molecule has 0 bridgehead atoms. The highest BCUT2D eigenvalue weighted by molar-refractivity contribution is 7.21. The Morgan fingerprint density at radius 3 is 2.56 bits per heavy atom. The van der Waals surface area contributed by atoms with Crippen molar-refractivity contribution in [3.8, 4) is 0 Å². The highest BCUT2D eigenvalue weighted by Crippen LogP contribution is 2.40. The van der Waals surface area contributed by atoms with Crippen LogP contribution in [0, 0.1) is 18.6 Å². The number of nitrogens with one attached hydrogen (secondary N) is 1. The maximum atomic E-state index is 14.6. The van der Waals surface area contributed by atoms with Crippen LogP contribution >= 0.6 is 22.9 Å². The van der Waals surface area contributed by atoms with E-state index < -0.39 is 11.6 Å². The average Bonchev–Trinajstić information content (AvgIpc) is 3.32. The van der Waals surface area contributed by atoms with Crippen LogP contribution in [0.2, 0.25) is 5.02 Å². The minimum Gasteiger partial charge on any atom is -0.377 e. The van der Waals surface area contributed by atoms with Gasteiger partial charge in [-0.15, -0.1) is 11.3 Å². The van der Waals surface area contributed by atoms with Gasteiger partial charge in [0.25, 0.3) is 5.91 Å². The van der Waals surface area contributed by atoms with Gasteiger partial charge in [0.1, 0.15) is 16.5 Å². The van der Waals surface area contributed by atoms with Crippen molar-refractivity contribution in [2.45, 2.75) is 57.2 Å². The summed E-state index contributed by atoms with van der Waals surface area (Å²) >= 11 is 7.48. The first-order chi connectivity index (χ1) is 18.8. The zero-order valence-corrected chi connectivity index (χ0v) is 23.8. The highest BCUT2D eigenvalue weighted by Gasteiger charge is 2.34. The number of nitrogens with zero attached hydrogens (tertiary/aromatic N) is 2. The molecule has 1 atom stereocenters. The third-order valence-electron chi connectivity index (χ3n) is 7.87. The van der Waals surface area contributed by atoms with Crippen LogP contribution in [0.1, 0.15) is 53.0 Å². The van der Waals surface area contributed by atoms with Crippen molar-refractivity contribution in [1.82, 2.24) is 15.2 Å². The quantitative estimate of drug-likeness (QED) is 0.334. The number of halogens is 3. The van der Waals surface area contributed by atoms with Crippen molar-refractivity contribution in [3.05, 3.63) is 81.0 Å². The Kier molecular flexibility index (Phi) is 8.47. The molecular weight excluding hydrogens is 540 g/mol. The Bertz CT molecular complexity index is 1430. The van der Waals surface area contributed by atoms with Gasteiger partial charge >= 0.3 is 0 Å². The molecule has 1 unspecified atom stereocenters. The van der Waals surface area contributed by atoms with Crippen molar-refractivity contribution in [3.63, 3.8) is 0 Å². The fourth-order valence-electron chi connectivity index (χ4n) is 5.58. The molecule has 1 fully saturated rings. The summed E-state index contributed by atoms with van der Waals surface area (Å²) in [5.74, 6) is -1.53. The van der Waals surface area contributed by atoms with E-state index in [9.17, 15) is 13.6 Å². The number of allylic oxidation sites excluding steroid dienone is 2.